The number of alkyl halides is 2. The fraction of sp³-hybridized carbons (Fsp3) is 1.00. The molecule has 0 bridgehead atoms. The highest BCUT2D eigenvalue weighted by atomic mass is 19.3. The molecule has 0 aromatic carbocycles. The Labute approximate surface area is 47.7 Å². The van der Waals surface area contributed by atoms with E-state index in [-0.39, 0.29) is 24.9 Å². The van der Waals surface area contributed by atoms with Crippen LogP contribution in [0, 0.1) is 5.92 Å². The van der Waals surface area contributed by atoms with Crippen LogP contribution in [0.4, 0.5) is 8.78 Å². The van der Waals surface area contributed by atoms with Crippen molar-refractivity contribution in [1.82, 2.24) is 6.15 Å². The lowest BCUT2D eigenvalue weighted by Crippen LogP contribution is -2.33. The molecule has 0 heterocycles. The molecule has 3 N–H and O–H groups in total. The zero-order valence-corrected chi connectivity index (χ0v) is 4.95. The van der Waals surface area contributed by atoms with E-state index >= 15 is 0 Å². The molecule has 1 aliphatic rings. The van der Waals surface area contributed by atoms with Crippen molar-refractivity contribution in [2.75, 3.05) is 0 Å². The zero-order chi connectivity index (χ0) is 5.49. The maximum absolute atomic E-state index is 11.8. The topological polar surface area (TPSA) is 35.0 Å². The number of hydrogen-bond acceptors (Lipinski definition) is 1. The number of halogens is 2. The summed E-state index contributed by atoms with van der Waals surface area (Å²) in [5, 5.41) is 0. The van der Waals surface area contributed by atoms with Crippen molar-refractivity contribution in [3.63, 3.8) is 0 Å². The van der Waals surface area contributed by atoms with Gasteiger partial charge in [0.15, 0.2) is 0 Å². The molecule has 0 aromatic rings. The quantitative estimate of drug-likeness (QED) is 0.526. The van der Waals surface area contributed by atoms with Crippen molar-refractivity contribution < 1.29 is 8.78 Å². The second-order valence-electron chi connectivity index (χ2n) is 2.37. The first-order valence-electron chi connectivity index (χ1n) is 2.48. The smallest absolute Gasteiger partial charge is 0.248 e. The van der Waals surface area contributed by atoms with Gasteiger partial charge in [-0.3, -0.25) is 0 Å². The molecule has 50 valence electrons. The molecule has 0 unspecified atom stereocenters. The summed E-state index contributed by atoms with van der Waals surface area (Å²) in [6.45, 7) is 1.84. The molecule has 8 heavy (non-hydrogen) atoms. The summed E-state index contributed by atoms with van der Waals surface area (Å²) in [7, 11) is 0. The summed E-state index contributed by atoms with van der Waals surface area (Å²) in [5.41, 5.74) is 0. The van der Waals surface area contributed by atoms with E-state index in [4.69, 9.17) is 0 Å². The summed E-state index contributed by atoms with van der Waals surface area (Å²) in [6.07, 6.45) is 0.208. The molecule has 0 saturated heterocycles. The van der Waals surface area contributed by atoms with Gasteiger partial charge in [0.1, 0.15) is 0 Å². The van der Waals surface area contributed by atoms with Crippen LogP contribution in [0.15, 0.2) is 0 Å². The molecule has 0 aromatic heterocycles. The maximum atomic E-state index is 11.8. The van der Waals surface area contributed by atoms with Gasteiger partial charge in [-0.05, 0) is 5.92 Å². The van der Waals surface area contributed by atoms with Crippen LogP contribution in [-0.2, 0) is 0 Å². The molecule has 0 atom stereocenters. The predicted molar refractivity (Wildman–Crippen MR) is 28.4 cm³/mol. The van der Waals surface area contributed by atoms with E-state index < -0.39 is 5.92 Å². The Balaban J connectivity index is 0.000000490. The van der Waals surface area contributed by atoms with Crippen LogP contribution in [0.1, 0.15) is 19.8 Å². The second-order valence-corrected chi connectivity index (χ2v) is 2.37. The monoisotopic (exact) mass is 123 g/mol. The van der Waals surface area contributed by atoms with Crippen LogP contribution in [0.3, 0.4) is 0 Å². The van der Waals surface area contributed by atoms with Crippen LogP contribution in [0.2, 0.25) is 0 Å². The van der Waals surface area contributed by atoms with Crippen molar-refractivity contribution in [3.8, 4) is 0 Å². The number of rotatable bonds is 0. The molecule has 1 saturated carbocycles. The first-order valence-corrected chi connectivity index (χ1v) is 2.48. The fourth-order valence-corrected chi connectivity index (χ4v) is 0.960. The van der Waals surface area contributed by atoms with Crippen molar-refractivity contribution in [2.45, 2.75) is 25.7 Å². The van der Waals surface area contributed by atoms with Crippen LogP contribution in [-0.4, -0.2) is 5.92 Å². The highest BCUT2D eigenvalue weighted by Gasteiger charge is 2.42. The lowest BCUT2D eigenvalue weighted by Gasteiger charge is -2.31. The van der Waals surface area contributed by atoms with Crippen molar-refractivity contribution in [2.24, 2.45) is 5.92 Å². The Hall–Kier alpha value is -0.180. The Morgan fingerprint density at radius 2 is 1.75 bits per heavy atom. The molecule has 1 rings (SSSR count). The minimum Gasteiger partial charge on any atom is -0.344 e. The third-order valence-electron chi connectivity index (χ3n) is 1.29. The molecule has 0 spiro atoms. The maximum Gasteiger partial charge on any atom is 0.248 e. The highest BCUT2D eigenvalue weighted by molar-refractivity contribution is 4.82. The molecular weight excluding hydrogens is 112 g/mol. The molecule has 3 heteroatoms. The lowest BCUT2D eigenvalue weighted by molar-refractivity contribution is -0.104. The summed E-state index contributed by atoms with van der Waals surface area (Å²) in [5.74, 6) is -2.05. The van der Waals surface area contributed by atoms with Crippen LogP contribution in [0.25, 0.3) is 0 Å². The van der Waals surface area contributed by atoms with E-state index in [1.807, 2.05) is 6.92 Å². The third kappa shape index (κ3) is 1.40. The van der Waals surface area contributed by atoms with Gasteiger partial charge >= 0.3 is 0 Å². The second kappa shape index (κ2) is 1.97. The van der Waals surface area contributed by atoms with Gasteiger partial charge in [-0.15, -0.1) is 0 Å². The lowest BCUT2D eigenvalue weighted by atomic mass is 9.83. The van der Waals surface area contributed by atoms with Gasteiger partial charge in [-0.1, -0.05) is 6.92 Å². The minimum absolute atomic E-state index is 0. The Kier molecular flexibility index (Phi) is 1.93. The van der Waals surface area contributed by atoms with Crippen LogP contribution in [0.5, 0.6) is 0 Å². The summed E-state index contributed by atoms with van der Waals surface area (Å²) >= 11 is 0. The van der Waals surface area contributed by atoms with Crippen LogP contribution < -0.4 is 6.15 Å². The molecule has 0 radical (unpaired) electrons. The molecule has 0 aliphatic heterocycles. The minimum atomic E-state index is -2.31. The van der Waals surface area contributed by atoms with E-state index in [0.717, 1.165) is 0 Å². The van der Waals surface area contributed by atoms with Crippen molar-refractivity contribution >= 4 is 0 Å². The van der Waals surface area contributed by atoms with Gasteiger partial charge in [-0.2, -0.15) is 0 Å². The fourth-order valence-electron chi connectivity index (χ4n) is 0.960. The van der Waals surface area contributed by atoms with Gasteiger partial charge in [0.05, 0.1) is 0 Å². The largest absolute Gasteiger partial charge is 0.344 e. The number of hydrogen-bond donors (Lipinski definition) is 1. The summed E-state index contributed by atoms with van der Waals surface area (Å²) in [4.78, 5) is 0. The summed E-state index contributed by atoms with van der Waals surface area (Å²) in [6, 6.07) is 0. The van der Waals surface area contributed by atoms with E-state index in [9.17, 15) is 8.78 Å². The molecule has 1 aliphatic carbocycles. The molecule has 0 amide bonds. The Morgan fingerprint density at radius 3 is 1.75 bits per heavy atom. The normalized spacial score (nSPS) is 25.9. The van der Waals surface area contributed by atoms with Gasteiger partial charge in [0.25, 0.3) is 0 Å². The van der Waals surface area contributed by atoms with Crippen LogP contribution >= 0.6 is 0 Å². The van der Waals surface area contributed by atoms with Gasteiger partial charge in [0.2, 0.25) is 5.92 Å². The van der Waals surface area contributed by atoms with E-state index in [1.54, 1.807) is 0 Å². The molecular formula is C5H11F2N. The third-order valence-corrected chi connectivity index (χ3v) is 1.29. The average Bonchev–Trinajstić information content (AvgIpc) is 1.27. The van der Waals surface area contributed by atoms with Crippen molar-refractivity contribution in [1.29, 1.82) is 0 Å². The average molecular weight is 123 g/mol. The highest BCUT2D eigenvalue weighted by Crippen LogP contribution is 2.41. The first-order chi connectivity index (χ1) is 3.10. The first kappa shape index (κ1) is 7.82. The predicted octanol–water partition coefficient (Wildman–Crippen LogP) is 2.21. The van der Waals surface area contributed by atoms with Gasteiger partial charge in [0, 0.05) is 12.8 Å². The van der Waals surface area contributed by atoms with Gasteiger partial charge < -0.3 is 6.15 Å². The van der Waals surface area contributed by atoms with E-state index in [1.165, 1.54) is 0 Å². The molecule has 1 fully saturated rings. The molecule has 1 nitrogen and oxygen atoms in total. The van der Waals surface area contributed by atoms with Gasteiger partial charge in [-0.25, -0.2) is 8.78 Å². The zero-order valence-electron chi connectivity index (χ0n) is 4.95. The van der Waals surface area contributed by atoms with E-state index in [2.05, 4.69) is 0 Å². The van der Waals surface area contributed by atoms with Crippen molar-refractivity contribution in [3.05, 3.63) is 0 Å². The SMILES string of the molecule is CC1CC(F)(F)C1.N. The summed E-state index contributed by atoms with van der Waals surface area (Å²) < 4.78 is 23.6. The standard InChI is InChI=1S/C5H8F2.H3N/c1-4-2-5(6,7)3-4;/h4H,2-3H2,1H3;1H3. The Morgan fingerprint density at radius 1 is 1.38 bits per heavy atom. The Bertz CT molecular complexity index is 74.5. The van der Waals surface area contributed by atoms with E-state index in [0.29, 0.717) is 0 Å².